The second kappa shape index (κ2) is 5.88. The number of imidazole rings is 1. The number of fused-ring (bicyclic) bond motifs is 1. The van der Waals surface area contributed by atoms with Gasteiger partial charge in [-0.3, -0.25) is 0 Å². The zero-order valence-electron chi connectivity index (χ0n) is 11.1. The molecule has 0 saturated carbocycles. The summed E-state index contributed by atoms with van der Waals surface area (Å²) in [4.78, 5) is 15.6. The van der Waals surface area contributed by atoms with Crippen molar-refractivity contribution in [3.63, 3.8) is 0 Å². The maximum atomic E-state index is 5.38. The fourth-order valence-corrected chi connectivity index (χ4v) is 2.85. The molecule has 106 valence electrons. The SMILES string of the molecule is C=CCCn1c(Br)nc2c(N3CCOCC3)ncnc21. The summed E-state index contributed by atoms with van der Waals surface area (Å²) in [6.45, 7) is 7.69. The van der Waals surface area contributed by atoms with Crippen LogP contribution in [0.15, 0.2) is 23.7 Å². The molecule has 2 aromatic heterocycles. The second-order valence-corrected chi connectivity index (χ2v) is 5.29. The number of hydrogen-bond donors (Lipinski definition) is 0. The number of rotatable bonds is 4. The fraction of sp³-hybridized carbons (Fsp3) is 0.462. The third kappa shape index (κ3) is 2.43. The van der Waals surface area contributed by atoms with Crippen LogP contribution in [0.3, 0.4) is 0 Å². The van der Waals surface area contributed by atoms with Crippen molar-refractivity contribution < 1.29 is 4.74 Å². The van der Waals surface area contributed by atoms with Crippen molar-refractivity contribution in [1.82, 2.24) is 19.5 Å². The molecule has 1 aliphatic rings. The molecular formula is C13H16BrN5O. The molecule has 0 N–H and O–H groups in total. The summed E-state index contributed by atoms with van der Waals surface area (Å²) in [6, 6.07) is 0. The van der Waals surface area contributed by atoms with Crippen molar-refractivity contribution in [1.29, 1.82) is 0 Å². The van der Waals surface area contributed by atoms with Crippen molar-refractivity contribution in [3.05, 3.63) is 23.7 Å². The van der Waals surface area contributed by atoms with E-state index in [-0.39, 0.29) is 0 Å². The first-order valence-corrected chi connectivity index (χ1v) is 7.41. The molecule has 20 heavy (non-hydrogen) atoms. The van der Waals surface area contributed by atoms with Gasteiger partial charge in [0.15, 0.2) is 21.7 Å². The largest absolute Gasteiger partial charge is 0.378 e. The van der Waals surface area contributed by atoms with Crippen LogP contribution in [0.2, 0.25) is 0 Å². The lowest BCUT2D eigenvalue weighted by Gasteiger charge is -2.27. The molecule has 0 aromatic carbocycles. The number of halogens is 1. The zero-order valence-corrected chi connectivity index (χ0v) is 12.7. The van der Waals surface area contributed by atoms with E-state index in [1.807, 2.05) is 10.6 Å². The predicted octanol–water partition coefficient (Wildman–Crippen LogP) is 2.00. The smallest absolute Gasteiger partial charge is 0.179 e. The van der Waals surface area contributed by atoms with Gasteiger partial charge in [0.2, 0.25) is 0 Å². The molecule has 0 spiro atoms. The summed E-state index contributed by atoms with van der Waals surface area (Å²) < 4.78 is 8.21. The normalized spacial score (nSPS) is 15.8. The average molecular weight is 338 g/mol. The molecule has 0 radical (unpaired) electrons. The van der Waals surface area contributed by atoms with E-state index in [1.54, 1.807) is 6.33 Å². The van der Waals surface area contributed by atoms with Gasteiger partial charge in [0.05, 0.1) is 13.2 Å². The van der Waals surface area contributed by atoms with Gasteiger partial charge in [0, 0.05) is 19.6 Å². The Kier molecular flexibility index (Phi) is 3.98. The monoisotopic (exact) mass is 337 g/mol. The van der Waals surface area contributed by atoms with Crippen molar-refractivity contribution in [2.24, 2.45) is 0 Å². The van der Waals surface area contributed by atoms with Gasteiger partial charge >= 0.3 is 0 Å². The highest BCUT2D eigenvalue weighted by atomic mass is 79.9. The van der Waals surface area contributed by atoms with Crippen molar-refractivity contribution >= 4 is 32.9 Å². The minimum atomic E-state index is 0.726. The van der Waals surface area contributed by atoms with E-state index >= 15 is 0 Å². The fourth-order valence-electron chi connectivity index (χ4n) is 2.32. The van der Waals surface area contributed by atoms with Gasteiger partial charge in [-0.25, -0.2) is 15.0 Å². The second-order valence-electron chi connectivity index (χ2n) is 4.58. The van der Waals surface area contributed by atoms with E-state index in [9.17, 15) is 0 Å². The number of aromatic nitrogens is 4. The summed E-state index contributed by atoms with van der Waals surface area (Å²) >= 11 is 3.50. The van der Waals surface area contributed by atoms with Crippen molar-refractivity contribution in [2.75, 3.05) is 31.2 Å². The third-order valence-corrected chi connectivity index (χ3v) is 3.94. The van der Waals surface area contributed by atoms with Crippen LogP contribution in [0.4, 0.5) is 5.82 Å². The Morgan fingerprint density at radius 2 is 2.15 bits per heavy atom. The van der Waals surface area contributed by atoms with Crippen LogP contribution in [-0.4, -0.2) is 45.8 Å². The summed E-state index contributed by atoms with van der Waals surface area (Å²) in [5.74, 6) is 0.886. The van der Waals surface area contributed by atoms with E-state index in [2.05, 4.69) is 42.4 Å². The van der Waals surface area contributed by atoms with E-state index in [0.29, 0.717) is 0 Å². The molecule has 0 bridgehead atoms. The maximum absolute atomic E-state index is 5.38. The number of hydrogen-bond acceptors (Lipinski definition) is 5. The van der Waals surface area contributed by atoms with Crippen LogP contribution in [0.1, 0.15) is 6.42 Å². The minimum absolute atomic E-state index is 0.726. The Bertz CT molecular complexity index is 620. The Hall–Kier alpha value is -1.47. The number of ether oxygens (including phenoxy) is 1. The van der Waals surface area contributed by atoms with Crippen LogP contribution >= 0.6 is 15.9 Å². The molecule has 0 atom stereocenters. The van der Waals surface area contributed by atoms with Crippen LogP contribution in [-0.2, 0) is 11.3 Å². The lowest BCUT2D eigenvalue weighted by molar-refractivity contribution is 0.122. The summed E-state index contributed by atoms with van der Waals surface area (Å²) in [5, 5.41) is 0. The number of anilines is 1. The van der Waals surface area contributed by atoms with Gasteiger partial charge in [-0.1, -0.05) is 6.08 Å². The Labute approximate surface area is 125 Å². The topological polar surface area (TPSA) is 56.1 Å². The molecule has 1 saturated heterocycles. The third-order valence-electron chi connectivity index (χ3n) is 3.33. The summed E-state index contributed by atoms with van der Waals surface area (Å²) in [6.07, 6.45) is 4.37. The number of aryl methyl sites for hydroxylation is 1. The summed E-state index contributed by atoms with van der Waals surface area (Å²) in [5.41, 5.74) is 1.69. The lowest BCUT2D eigenvalue weighted by Crippen LogP contribution is -2.36. The van der Waals surface area contributed by atoms with Crippen molar-refractivity contribution in [2.45, 2.75) is 13.0 Å². The highest BCUT2D eigenvalue weighted by Gasteiger charge is 2.20. The quantitative estimate of drug-likeness (QED) is 0.630. The van der Waals surface area contributed by atoms with Gasteiger partial charge in [-0.05, 0) is 22.4 Å². The van der Waals surface area contributed by atoms with Crippen LogP contribution < -0.4 is 4.90 Å². The highest BCUT2D eigenvalue weighted by Crippen LogP contribution is 2.26. The first kappa shape index (κ1) is 13.5. The lowest BCUT2D eigenvalue weighted by atomic mass is 10.3. The molecule has 6 nitrogen and oxygen atoms in total. The maximum Gasteiger partial charge on any atom is 0.179 e. The van der Waals surface area contributed by atoms with Crippen LogP contribution in [0.5, 0.6) is 0 Å². The molecular weight excluding hydrogens is 322 g/mol. The Balaban J connectivity index is 2.03. The molecule has 1 aliphatic heterocycles. The van der Waals surface area contributed by atoms with Gasteiger partial charge < -0.3 is 14.2 Å². The molecule has 1 fully saturated rings. The van der Waals surface area contributed by atoms with Crippen LogP contribution in [0, 0.1) is 0 Å². The van der Waals surface area contributed by atoms with Gasteiger partial charge in [0.25, 0.3) is 0 Å². The molecule has 0 aliphatic carbocycles. The Morgan fingerprint density at radius 1 is 1.35 bits per heavy atom. The molecule has 7 heteroatoms. The first-order valence-electron chi connectivity index (χ1n) is 6.61. The van der Waals surface area contributed by atoms with Crippen LogP contribution in [0.25, 0.3) is 11.2 Å². The van der Waals surface area contributed by atoms with Gasteiger partial charge in [-0.2, -0.15) is 0 Å². The van der Waals surface area contributed by atoms with E-state index < -0.39 is 0 Å². The highest BCUT2D eigenvalue weighted by molar-refractivity contribution is 9.10. The Morgan fingerprint density at radius 3 is 2.90 bits per heavy atom. The van der Waals surface area contributed by atoms with E-state index in [1.165, 1.54) is 0 Å². The number of nitrogens with zero attached hydrogens (tertiary/aromatic N) is 5. The molecule has 0 unspecified atom stereocenters. The average Bonchev–Trinajstić information content (AvgIpc) is 2.81. The molecule has 2 aromatic rings. The predicted molar refractivity (Wildman–Crippen MR) is 80.9 cm³/mol. The van der Waals surface area contributed by atoms with Gasteiger partial charge in [0.1, 0.15) is 6.33 Å². The number of allylic oxidation sites excluding steroid dienone is 1. The first-order chi connectivity index (χ1) is 9.81. The molecule has 3 heterocycles. The minimum Gasteiger partial charge on any atom is -0.378 e. The van der Waals surface area contributed by atoms with E-state index in [0.717, 1.165) is 61.0 Å². The molecule has 3 rings (SSSR count). The zero-order chi connectivity index (χ0) is 13.9. The number of morpholine rings is 1. The molecule has 0 amide bonds. The van der Waals surface area contributed by atoms with E-state index in [4.69, 9.17) is 4.74 Å². The van der Waals surface area contributed by atoms with Crippen molar-refractivity contribution in [3.8, 4) is 0 Å². The van der Waals surface area contributed by atoms with Gasteiger partial charge in [-0.15, -0.1) is 6.58 Å². The summed E-state index contributed by atoms with van der Waals surface area (Å²) in [7, 11) is 0. The standard InChI is InChI=1S/C13H16BrN5O/c1-2-3-4-19-12-10(17-13(19)14)11(15-9-16-12)18-5-7-20-8-6-18/h2,9H,1,3-8H2.